The summed E-state index contributed by atoms with van der Waals surface area (Å²) in [6, 6.07) is 13.2. The number of hydrogen-bond donors (Lipinski definition) is 2. The Balaban J connectivity index is 0.000000169. The molecule has 0 unspecified atom stereocenters. The van der Waals surface area contributed by atoms with Crippen molar-refractivity contribution in [2.24, 2.45) is 5.92 Å². The number of piperidine rings is 1. The molecule has 0 saturated carbocycles. The number of anilines is 2. The molecule has 0 atom stereocenters. The molecule has 0 bridgehead atoms. The van der Waals surface area contributed by atoms with Crippen LogP contribution >= 0.6 is 11.3 Å². The minimum atomic E-state index is 0.593. The molecule has 1 fully saturated rings. The van der Waals surface area contributed by atoms with Gasteiger partial charge in [-0.2, -0.15) is 0 Å². The predicted molar refractivity (Wildman–Crippen MR) is 154 cm³/mol. The van der Waals surface area contributed by atoms with E-state index < -0.39 is 0 Å². The lowest BCUT2D eigenvalue weighted by Gasteiger charge is -2.34. The molecule has 1 saturated heterocycles. The molecule has 3 aromatic heterocycles. The van der Waals surface area contributed by atoms with Gasteiger partial charge in [0.15, 0.2) is 5.13 Å². The largest absolute Gasteiger partial charge is 0.375 e. The second-order valence-electron chi connectivity index (χ2n) is 9.51. The minimum absolute atomic E-state index is 0.593. The molecule has 7 heteroatoms. The molecule has 1 aliphatic heterocycles. The number of pyridine rings is 2. The molecule has 6 nitrogen and oxygen atoms in total. The normalized spacial score (nSPS) is 14.4. The third-order valence-corrected chi connectivity index (χ3v) is 7.62. The van der Waals surface area contributed by atoms with E-state index >= 15 is 0 Å². The van der Waals surface area contributed by atoms with Crippen molar-refractivity contribution in [1.82, 2.24) is 19.9 Å². The van der Waals surface area contributed by atoms with Crippen molar-refractivity contribution in [3.63, 3.8) is 0 Å². The van der Waals surface area contributed by atoms with Crippen molar-refractivity contribution in [3.8, 4) is 10.4 Å². The Morgan fingerprint density at radius 2 is 1.89 bits per heavy atom. The third-order valence-electron chi connectivity index (χ3n) is 6.74. The van der Waals surface area contributed by atoms with Gasteiger partial charge in [-0.15, -0.1) is 0 Å². The van der Waals surface area contributed by atoms with E-state index in [9.17, 15) is 0 Å². The maximum atomic E-state index is 5.66. The van der Waals surface area contributed by atoms with Crippen LogP contribution in [0.4, 0.5) is 10.9 Å². The number of thiazole rings is 1. The number of hydrogen-bond acceptors (Lipinski definition) is 7. The van der Waals surface area contributed by atoms with Crippen LogP contribution in [-0.4, -0.2) is 46.0 Å². The first kappa shape index (κ1) is 25.8. The first-order valence-electron chi connectivity index (χ1n) is 12.6. The van der Waals surface area contributed by atoms with E-state index in [4.69, 9.17) is 5.73 Å². The number of nitrogens with one attached hydrogen (secondary N) is 1. The van der Waals surface area contributed by atoms with Crippen molar-refractivity contribution >= 4 is 39.1 Å². The molecule has 5 rings (SSSR count). The first-order chi connectivity index (χ1) is 17.4. The Bertz CT molecular complexity index is 1290. The molecule has 3 N–H and O–H groups in total. The highest BCUT2D eigenvalue weighted by atomic mass is 32.1. The lowest BCUT2D eigenvalue weighted by Crippen LogP contribution is -2.38. The van der Waals surface area contributed by atoms with Crippen LogP contribution < -0.4 is 11.1 Å². The van der Waals surface area contributed by atoms with Crippen molar-refractivity contribution in [1.29, 1.82) is 0 Å². The lowest BCUT2D eigenvalue weighted by molar-refractivity contribution is 0.149. The number of nitrogens with zero attached hydrogens (tertiary/aromatic N) is 4. The average Bonchev–Trinajstić information content (AvgIpc) is 3.35. The molecule has 0 amide bonds. The summed E-state index contributed by atoms with van der Waals surface area (Å²) >= 11 is 1.49. The van der Waals surface area contributed by atoms with Gasteiger partial charge in [-0.1, -0.05) is 36.1 Å². The van der Waals surface area contributed by atoms with Gasteiger partial charge in [0.2, 0.25) is 0 Å². The topological polar surface area (TPSA) is 80.0 Å². The third kappa shape index (κ3) is 6.68. The number of fused-ring (bicyclic) bond motifs is 1. The number of aromatic nitrogens is 3. The van der Waals surface area contributed by atoms with E-state index in [2.05, 4.69) is 69.9 Å². The quantitative estimate of drug-likeness (QED) is 0.320. The molecule has 1 aliphatic rings. The fourth-order valence-electron chi connectivity index (χ4n) is 4.56. The van der Waals surface area contributed by atoms with Gasteiger partial charge in [0.25, 0.3) is 0 Å². The van der Waals surface area contributed by atoms with E-state index in [1.165, 1.54) is 48.5 Å². The summed E-state index contributed by atoms with van der Waals surface area (Å²) < 4.78 is 0. The predicted octanol–water partition coefficient (Wildman–Crippen LogP) is 6.37. The van der Waals surface area contributed by atoms with Gasteiger partial charge in [0.05, 0.1) is 4.88 Å². The number of likely N-dealkylation sites (tertiary alicyclic amines) is 1. The number of rotatable bonds is 6. The Morgan fingerprint density at radius 3 is 2.56 bits per heavy atom. The maximum absolute atomic E-state index is 5.66. The minimum Gasteiger partial charge on any atom is -0.375 e. The van der Waals surface area contributed by atoms with Crippen LogP contribution in [0, 0.1) is 5.92 Å². The Morgan fingerprint density at radius 1 is 1.08 bits per heavy atom. The second kappa shape index (κ2) is 12.1. The number of nitrogens with two attached hydrogens (primary N) is 1. The Kier molecular flexibility index (Phi) is 8.67. The van der Waals surface area contributed by atoms with E-state index in [0.29, 0.717) is 11.2 Å². The zero-order valence-corrected chi connectivity index (χ0v) is 22.3. The molecule has 0 aliphatic carbocycles. The highest BCUT2D eigenvalue weighted by Gasteiger charge is 2.21. The summed E-state index contributed by atoms with van der Waals surface area (Å²) in [4.78, 5) is 16.5. The van der Waals surface area contributed by atoms with Crippen molar-refractivity contribution in [2.45, 2.75) is 39.2 Å². The van der Waals surface area contributed by atoms with Crippen LogP contribution in [0.25, 0.3) is 27.3 Å². The Hall–Kier alpha value is -3.29. The molecule has 0 radical (unpaired) electrons. The summed E-state index contributed by atoms with van der Waals surface area (Å²) in [5.74, 6) is 1.66. The lowest BCUT2D eigenvalue weighted by atomic mass is 9.91. The average molecular weight is 501 g/mol. The summed E-state index contributed by atoms with van der Waals surface area (Å²) in [6.45, 7) is 10.9. The van der Waals surface area contributed by atoms with E-state index in [0.717, 1.165) is 39.4 Å². The van der Waals surface area contributed by atoms with Crippen molar-refractivity contribution in [3.05, 3.63) is 72.8 Å². The highest BCUT2D eigenvalue weighted by molar-refractivity contribution is 7.18. The van der Waals surface area contributed by atoms with Gasteiger partial charge in [0.1, 0.15) is 5.82 Å². The summed E-state index contributed by atoms with van der Waals surface area (Å²) in [7, 11) is 1.86. The molecule has 36 heavy (non-hydrogen) atoms. The molecular formula is C29H36N6S. The maximum Gasteiger partial charge on any atom is 0.180 e. The van der Waals surface area contributed by atoms with Gasteiger partial charge in [-0.25, -0.2) is 9.97 Å². The van der Waals surface area contributed by atoms with Crippen LogP contribution in [-0.2, 0) is 6.42 Å². The molecular weight excluding hydrogens is 464 g/mol. The summed E-state index contributed by atoms with van der Waals surface area (Å²) in [5, 5.41) is 5.91. The standard InChI is InChI=1S/C16H24N2.C13H12N4S/c1-4-14-5-8-17-16(11-14)12-15-6-9-18(10-7-15)13(2)3;1-15-12-5-10-4-8(2-3-9(10)6-16-12)11-7-17-13(14)18-11/h4-5,8,11,13,15H,1,6-7,9-10,12H2,2-3H3;2-7H,1H3,(H2,14,17)(H,15,16). The second-order valence-corrected chi connectivity index (χ2v) is 10.6. The number of benzene rings is 1. The van der Waals surface area contributed by atoms with Crippen molar-refractivity contribution < 1.29 is 0 Å². The number of nitrogen functional groups attached to an aromatic ring is 1. The van der Waals surface area contributed by atoms with Crippen LogP contribution in [0.1, 0.15) is 37.9 Å². The molecule has 0 spiro atoms. The van der Waals surface area contributed by atoms with E-state index in [-0.39, 0.29) is 0 Å². The molecule has 188 valence electrons. The van der Waals surface area contributed by atoms with Crippen LogP contribution in [0.3, 0.4) is 0 Å². The smallest absolute Gasteiger partial charge is 0.180 e. The van der Waals surface area contributed by atoms with Crippen molar-refractivity contribution in [2.75, 3.05) is 31.2 Å². The highest BCUT2D eigenvalue weighted by Crippen LogP contribution is 2.30. The van der Waals surface area contributed by atoms with Crippen LogP contribution in [0.5, 0.6) is 0 Å². The molecule has 4 aromatic rings. The summed E-state index contributed by atoms with van der Waals surface area (Å²) in [5.41, 5.74) is 9.19. The van der Waals surface area contributed by atoms with Gasteiger partial charge in [-0.3, -0.25) is 4.98 Å². The Labute approximate surface area is 218 Å². The monoisotopic (exact) mass is 500 g/mol. The fourth-order valence-corrected chi connectivity index (χ4v) is 5.24. The SMILES string of the molecule is C=Cc1ccnc(CC2CCN(C(C)C)CC2)c1.CNc1cc2cc(-c3cnc(N)s3)ccc2cn1. The van der Waals surface area contributed by atoms with Gasteiger partial charge in [-0.05, 0) is 92.9 Å². The van der Waals surface area contributed by atoms with Gasteiger partial charge < -0.3 is 16.0 Å². The first-order valence-corrected chi connectivity index (χ1v) is 13.4. The molecule has 4 heterocycles. The van der Waals surface area contributed by atoms with E-state index in [1.54, 1.807) is 6.20 Å². The zero-order valence-electron chi connectivity index (χ0n) is 21.4. The summed E-state index contributed by atoms with van der Waals surface area (Å²) in [6.07, 6.45) is 11.2. The van der Waals surface area contributed by atoms with E-state index in [1.807, 2.05) is 37.7 Å². The fraction of sp³-hybridized carbons (Fsp3) is 0.345. The van der Waals surface area contributed by atoms with Crippen LogP contribution in [0.2, 0.25) is 0 Å². The van der Waals surface area contributed by atoms with Gasteiger partial charge >= 0.3 is 0 Å². The van der Waals surface area contributed by atoms with Gasteiger partial charge in [0, 0.05) is 42.8 Å². The van der Waals surface area contributed by atoms with Crippen LogP contribution in [0.15, 0.2) is 61.6 Å². The molecule has 1 aromatic carbocycles. The zero-order chi connectivity index (χ0) is 25.5.